The van der Waals surface area contributed by atoms with E-state index in [2.05, 4.69) is 39.2 Å². The molecular formula is C19H26ClN7. The zero-order valence-electron chi connectivity index (χ0n) is 15.1. The van der Waals surface area contributed by atoms with Gasteiger partial charge in [0.1, 0.15) is 0 Å². The van der Waals surface area contributed by atoms with Gasteiger partial charge in [0, 0.05) is 18.8 Å². The molecule has 0 aromatic heterocycles. The van der Waals surface area contributed by atoms with Gasteiger partial charge in [0.2, 0.25) is 0 Å². The summed E-state index contributed by atoms with van der Waals surface area (Å²) in [6.07, 6.45) is 2.22. The SMILES string of the molecule is Cl.NC(N)=Nc1ccc(C2CCN(c3ccc(N=C(N)N)cc3)CC2)cc1. The van der Waals surface area contributed by atoms with Crippen LogP contribution in [0.25, 0.3) is 0 Å². The fourth-order valence-electron chi connectivity index (χ4n) is 3.33. The molecule has 0 saturated carbocycles. The number of piperidine rings is 1. The maximum atomic E-state index is 5.41. The Morgan fingerprint density at radius 3 is 1.63 bits per heavy atom. The van der Waals surface area contributed by atoms with Gasteiger partial charge in [-0.15, -0.1) is 12.4 Å². The first-order valence-corrected chi connectivity index (χ1v) is 8.65. The van der Waals surface area contributed by atoms with Crippen LogP contribution in [0.1, 0.15) is 24.3 Å². The molecule has 1 heterocycles. The molecule has 1 aliphatic heterocycles. The zero-order chi connectivity index (χ0) is 18.5. The molecule has 27 heavy (non-hydrogen) atoms. The first kappa shape index (κ1) is 20.4. The maximum Gasteiger partial charge on any atom is 0.191 e. The van der Waals surface area contributed by atoms with Crippen LogP contribution in [0.3, 0.4) is 0 Å². The summed E-state index contributed by atoms with van der Waals surface area (Å²) in [5.41, 5.74) is 25.7. The first-order chi connectivity index (χ1) is 12.5. The summed E-state index contributed by atoms with van der Waals surface area (Å²) in [6.45, 7) is 2.03. The summed E-state index contributed by atoms with van der Waals surface area (Å²) >= 11 is 0. The highest BCUT2D eigenvalue weighted by Crippen LogP contribution is 2.32. The number of rotatable bonds is 4. The highest BCUT2D eigenvalue weighted by Gasteiger charge is 2.20. The van der Waals surface area contributed by atoms with Crippen LogP contribution in [-0.2, 0) is 0 Å². The van der Waals surface area contributed by atoms with E-state index < -0.39 is 0 Å². The minimum Gasteiger partial charge on any atom is -0.371 e. The van der Waals surface area contributed by atoms with Gasteiger partial charge in [0.25, 0.3) is 0 Å². The van der Waals surface area contributed by atoms with Crippen LogP contribution < -0.4 is 27.8 Å². The highest BCUT2D eigenvalue weighted by atomic mass is 35.5. The predicted octanol–water partition coefficient (Wildman–Crippen LogP) is 2.30. The lowest BCUT2D eigenvalue weighted by Gasteiger charge is -2.34. The van der Waals surface area contributed by atoms with Gasteiger partial charge in [0.15, 0.2) is 11.9 Å². The first-order valence-electron chi connectivity index (χ1n) is 8.65. The number of anilines is 1. The van der Waals surface area contributed by atoms with Crippen LogP contribution in [0.2, 0.25) is 0 Å². The van der Waals surface area contributed by atoms with Crippen LogP contribution in [0.15, 0.2) is 58.5 Å². The summed E-state index contributed by atoms with van der Waals surface area (Å²) < 4.78 is 0. The third kappa shape index (κ3) is 5.52. The van der Waals surface area contributed by atoms with Crippen molar-refractivity contribution in [2.45, 2.75) is 18.8 Å². The van der Waals surface area contributed by atoms with Crippen molar-refractivity contribution >= 4 is 41.4 Å². The van der Waals surface area contributed by atoms with Crippen molar-refractivity contribution in [3.05, 3.63) is 54.1 Å². The lowest BCUT2D eigenvalue weighted by Crippen LogP contribution is -2.32. The third-order valence-corrected chi connectivity index (χ3v) is 4.59. The summed E-state index contributed by atoms with van der Waals surface area (Å²) in [7, 11) is 0. The quantitative estimate of drug-likeness (QED) is 0.472. The number of nitrogens with two attached hydrogens (primary N) is 4. The molecule has 8 heteroatoms. The van der Waals surface area contributed by atoms with E-state index in [1.807, 2.05) is 24.3 Å². The molecule has 0 amide bonds. The average Bonchev–Trinajstić information content (AvgIpc) is 2.62. The fourth-order valence-corrected chi connectivity index (χ4v) is 3.33. The van der Waals surface area contributed by atoms with Crippen molar-refractivity contribution in [1.82, 2.24) is 0 Å². The minimum atomic E-state index is 0. The van der Waals surface area contributed by atoms with Gasteiger partial charge in [-0.1, -0.05) is 12.1 Å². The maximum absolute atomic E-state index is 5.41. The number of hydrogen-bond donors (Lipinski definition) is 4. The van der Waals surface area contributed by atoms with E-state index in [4.69, 9.17) is 22.9 Å². The van der Waals surface area contributed by atoms with E-state index >= 15 is 0 Å². The number of nitrogens with zero attached hydrogens (tertiary/aromatic N) is 3. The van der Waals surface area contributed by atoms with Gasteiger partial charge >= 0.3 is 0 Å². The Hall–Kier alpha value is -2.93. The van der Waals surface area contributed by atoms with E-state index in [1.54, 1.807) is 0 Å². The molecule has 0 unspecified atom stereocenters. The third-order valence-electron chi connectivity index (χ3n) is 4.59. The van der Waals surface area contributed by atoms with Gasteiger partial charge in [0.05, 0.1) is 11.4 Å². The number of guanidine groups is 2. The average molecular weight is 388 g/mol. The molecule has 1 fully saturated rings. The van der Waals surface area contributed by atoms with E-state index in [1.165, 1.54) is 11.3 Å². The Balaban J connectivity index is 0.00000261. The standard InChI is InChI=1S/C19H25N7.ClH/c20-18(21)24-15-3-1-13(2-4-15)14-9-11-26(12-10-14)17-7-5-16(6-8-17)25-19(22)23;/h1-8,14H,9-12H2,(H4,20,21,24)(H4,22,23,25);1H. The molecule has 0 atom stereocenters. The largest absolute Gasteiger partial charge is 0.371 e. The highest BCUT2D eigenvalue weighted by molar-refractivity contribution is 5.85. The fraction of sp³-hybridized carbons (Fsp3) is 0.263. The normalized spacial score (nSPS) is 14.1. The lowest BCUT2D eigenvalue weighted by atomic mass is 9.89. The number of halogens is 1. The van der Waals surface area contributed by atoms with Gasteiger partial charge in [-0.2, -0.15) is 0 Å². The molecule has 0 radical (unpaired) electrons. The van der Waals surface area contributed by atoms with E-state index in [9.17, 15) is 0 Å². The van der Waals surface area contributed by atoms with Crippen LogP contribution in [0.5, 0.6) is 0 Å². The minimum absolute atomic E-state index is 0. The Labute approximate surface area is 165 Å². The summed E-state index contributed by atoms with van der Waals surface area (Å²) in [4.78, 5) is 10.5. The van der Waals surface area contributed by atoms with E-state index in [0.717, 1.165) is 37.3 Å². The monoisotopic (exact) mass is 387 g/mol. The van der Waals surface area contributed by atoms with Crippen molar-refractivity contribution in [3.8, 4) is 0 Å². The molecule has 0 spiro atoms. The van der Waals surface area contributed by atoms with E-state index in [-0.39, 0.29) is 24.3 Å². The van der Waals surface area contributed by atoms with Crippen LogP contribution in [0, 0.1) is 0 Å². The molecule has 144 valence electrons. The number of hydrogen-bond acceptors (Lipinski definition) is 3. The second kappa shape index (κ2) is 9.14. The summed E-state index contributed by atoms with van der Waals surface area (Å²) in [5, 5.41) is 0. The predicted molar refractivity (Wildman–Crippen MR) is 115 cm³/mol. The van der Waals surface area contributed by atoms with Crippen molar-refractivity contribution in [3.63, 3.8) is 0 Å². The van der Waals surface area contributed by atoms with Gasteiger partial charge in [-0.25, -0.2) is 9.98 Å². The van der Waals surface area contributed by atoms with Crippen molar-refractivity contribution in [1.29, 1.82) is 0 Å². The molecule has 7 nitrogen and oxygen atoms in total. The summed E-state index contributed by atoms with van der Waals surface area (Å²) in [6, 6.07) is 16.1. The Bertz CT molecular complexity index is 714. The van der Waals surface area contributed by atoms with Crippen molar-refractivity contribution in [2.75, 3.05) is 18.0 Å². The summed E-state index contributed by atoms with van der Waals surface area (Å²) in [5.74, 6) is 0.710. The van der Waals surface area contributed by atoms with Gasteiger partial charge in [-0.05, 0) is 60.7 Å². The molecule has 0 aliphatic carbocycles. The van der Waals surface area contributed by atoms with E-state index in [0.29, 0.717) is 5.92 Å². The Kier molecular flexibility index (Phi) is 6.90. The second-order valence-corrected chi connectivity index (χ2v) is 6.44. The van der Waals surface area contributed by atoms with Crippen molar-refractivity contribution in [2.24, 2.45) is 32.9 Å². The molecule has 2 aromatic carbocycles. The molecule has 8 N–H and O–H groups in total. The van der Waals surface area contributed by atoms with Crippen LogP contribution in [0.4, 0.5) is 17.1 Å². The number of aliphatic imine (C=N–C) groups is 2. The van der Waals surface area contributed by atoms with Crippen LogP contribution in [-0.4, -0.2) is 25.0 Å². The topological polar surface area (TPSA) is 132 Å². The second-order valence-electron chi connectivity index (χ2n) is 6.44. The molecular weight excluding hydrogens is 362 g/mol. The van der Waals surface area contributed by atoms with Gasteiger partial charge in [-0.3, -0.25) is 0 Å². The zero-order valence-corrected chi connectivity index (χ0v) is 15.9. The number of benzene rings is 2. The molecule has 0 bridgehead atoms. The van der Waals surface area contributed by atoms with Crippen molar-refractivity contribution < 1.29 is 0 Å². The lowest BCUT2D eigenvalue weighted by molar-refractivity contribution is 0.505. The van der Waals surface area contributed by atoms with Crippen LogP contribution >= 0.6 is 12.4 Å². The molecule has 3 rings (SSSR count). The molecule has 2 aromatic rings. The molecule has 1 aliphatic rings. The van der Waals surface area contributed by atoms with Gasteiger partial charge < -0.3 is 27.8 Å². The molecule has 1 saturated heterocycles. The Morgan fingerprint density at radius 2 is 1.19 bits per heavy atom. The Morgan fingerprint density at radius 1 is 0.741 bits per heavy atom. The smallest absolute Gasteiger partial charge is 0.191 e.